The van der Waals surface area contributed by atoms with E-state index in [1.54, 1.807) is 14.2 Å². The highest BCUT2D eigenvalue weighted by Gasteiger charge is 2.12. The first-order valence-electron chi connectivity index (χ1n) is 9.05. The van der Waals surface area contributed by atoms with E-state index in [0.29, 0.717) is 25.6 Å². The van der Waals surface area contributed by atoms with Gasteiger partial charge in [-0.1, -0.05) is 42.5 Å². The number of guanidine groups is 1. The lowest BCUT2D eigenvalue weighted by molar-refractivity contribution is -0.130. The average Bonchev–Trinajstić information content (AvgIpc) is 2.73. The van der Waals surface area contributed by atoms with E-state index in [-0.39, 0.29) is 12.5 Å². The Labute approximate surface area is 161 Å². The molecular formula is C21H28N4O2. The lowest BCUT2D eigenvalue weighted by atomic mass is 10.2. The van der Waals surface area contributed by atoms with Gasteiger partial charge in [-0.25, -0.2) is 0 Å². The summed E-state index contributed by atoms with van der Waals surface area (Å²) in [6.45, 7) is 4.06. The Kier molecular flexibility index (Phi) is 8.16. The average molecular weight is 368 g/mol. The Morgan fingerprint density at radius 1 is 1.04 bits per heavy atom. The molecule has 0 bridgehead atoms. The van der Waals surface area contributed by atoms with Crippen molar-refractivity contribution in [2.45, 2.75) is 20.0 Å². The second-order valence-corrected chi connectivity index (χ2v) is 6.02. The summed E-state index contributed by atoms with van der Waals surface area (Å²) in [5, 5.41) is 6.30. The topological polar surface area (TPSA) is 66.0 Å². The molecule has 0 aromatic heterocycles. The van der Waals surface area contributed by atoms with Crippen LogP contribution in [0, 0.1) is 0 Å². The molecule has 0 aliphatic rings. The lowest BCUT2D eigenvalue weighted by Gasteiger charge is -2.22. The van der Waals surface area contributed by atoms with Gasteiger partial charge in [0.05, 0.1) is 13.7 Å². The molecule has 144 valence electrons. The Balaban J connectivity index is 1.81. The van der Waals surface area contributed by atoms with Gasteiger partial charge in [0, 0.05) is 26.7 Å². The molecule has 0 unspecified atom stereocenters. The van der Waals surface area contributed by atoms with Gasteiger partial charge in [-0.2, -0.15) is 0 Å². The SMILES string of the molecule is CCN(Cc1ccccc1)C(=O)CNC(=NC)NCc1ccc(OC)cc1. The van der Waals surface area contributed by atoms with Gasteiger partial charge in [0.1, 0.15) is 5.75 Å². The summed E-state index contributed by atoms with van der Waals surface area (Å²) in [5.74, 6) is 1.45. The minimum atomic E-state index is 0.0359. The molecule has 2 rings (SSSR count). The van der Waals surface area contributed by atoms with E-state index in [2.05, 4.69) is 15.6 Å². The predicted molar refractivity (Wildman–Crippen MR) is 109 cm³/mol. The standard InChI is InChI=1S/C21H28N4O2/c1-4-25(16-18-8-6-5-7-9-18)20(26)15-24-21(22-2)23-14-17-10-12-19(27-3)13-11-17/h5-13H,4,14-16H2,1-3H3,(H2,22,23,24). The van der Waals surface area contributed by atoms with Crippen LogP contribution < -0.4 is 15.4 Å². The predicted octanol–water partition coefficient (Wildman–Crippen LogP) is 2.41. The van der Waals surface area contributed by atoms with Gasteiger partial charge in [0.25, 0.3) is 0 Å². The second kappa shape index (κ2) is 10.9. The van der Waals surface area contributed by atoms with E-state index in [1.807, 2.05) is 66.4 Å². The highest BCUT2D eigenvalue weighted by Crippen LogP contribution is 2.10. The Hall–Kier alpha value is -3.02. The molecule has 0 saturated heterocycles. The molecule has 6 heteroatoms. The Bertz CT molecular complexity index is 730. The first-order valence-corrected chi connectivity index (χ1v) is 9.05. The van der Waals surface area contributed by atoms with Crippen LogP contribution >= 0.6 is 0 Å². The monoisotopic (exact) mass is 368 g/mol. The largest absolute Gasteiger partial charge is 0.497 e. The van der Waals surface area contributed by atoms with Gasteiger partial charge in [-0.15, -0.1) is 0 Å². The van der Waals surface area contributed by atoms with E-state index in [0.717, 1.165) is 16.9 Å². The number of benzene rings is 2. The van der Waals surface area contributed by atoms with E-state index in [4.69, 9.17) is 4.74 Å². The van der Waals surface area contributed by atoms with E-state index >= 15 is 0 Å². The number of hydrogen-bond donors (Lipinski definition) is 2. The second-order valence-electron chi connectivity index (χ2n) is 6.02. The van der Waals surface area contributed by atoms with Crippen LogP contribution in [0.1, 0.15) is 18.1 Å². The fourth-order valence-corrected chi connectivity index (χ4v) is 2.60. The van der Waals surface area contributed by atoms with Gasteiger partial charge < -0.3 is 20.3 Å². The summed E-state index contributed by atoms with van der Waals surface area (Å²) < 4.78 is 5.16. The minimum absolute atomic E-state index is 0.0359. The third kappa shape index (κ3) is 6.66. The Morgan fingerprint density at radius 2 is 1.74 bits per heavy atom. The molecule has 0 fully saturated rings. The molecule has 0 aliphatic carbocycles. The number of methoxy groups -OCH3 is 1. The minimum Gasteiger partial charge on any atom is -0.497 e. The fraction of sp³-hybridized carbons (Fsp3) is 0.333. The summed E-state index contributed by atoms with van der Waals surface area (Å²) in [6.07, 6.45) is 0. The number of carbonyl (C=O) groups excluding carboxylic acids is 1. The van der Waals surface area contributed by atoms with Crippen molar-refractivity contribution in [1.29, 1.82) is 0 Å². The van der Waals surface area contributed by atoms with E-state index in [9.17, 15) is 4.79 Å². The summed E-state index contributed by atoms with van der Waals surface area (Å²) in [5.41, 5.74) is 2.22. The van der Waals surface area contributed by atoms with Gasteiger partial charge >= 0.3 is 0 Å². The normalized spacial score (nSPS) is 11.0. The van der Waals surface area contributed by atoms with Crippen molar-refractivity contribution >= 4 is 11.9 Å². The van der Waals surface area contributed by atoms with E-state index < -0.39 is 0 Å². The molecular weight excluding hydrogens is 340 g/mol. The van der Waals surface area contributed by atoms with Gasteiger partial charge in [0.15, 0.2) is 5.96 Å². The van der Waals surface area contributed by atoms with Crippen LogP contribution in [0.5, 0.6) is 5.75 Å². The number of nitrogens with one attached hydrogen (secondary N) is 2. The van der Waals surface area contributed by atoms with Crippen LogP contribution in [0.2, 0.25) is 0 Å². The lowest BCUT2D eigenvalue weighted by Crippen LogP contribution is -2.44. The number of rotatable bonds is 8. The first-order chi connectivity index (χ1) is 13.2. The first kappa shape index (κ1) is 20.3. The molecule has 27 heavy (non-hydrogen) atoms. The molecule has 2 aromatic rings. The van der Waals surface area contributed by atoms with Crippen molar-refractivity contribution in [2.24, 2.45) is 4.99 Å². The quantitative estimate of drug-likeness (QED) is 0.555. The number of ether oxygens (including phenoxy) is 1. The van der Waals surface area contributed by atoms with Crippen LogP contribution in [0.25, 0.3) is 0 Å². The maximum absolute atomic E-state index is 12.5. The molecule has 0 radical (unpaired) electrons. The van der Waals surface area contributed by atoms with Crippen molar-refractivity contribution < 1.29 is 9.53 Å². The molecule has 2 aromatic carbocycles. The smallest absolute Gasteiger partial charge is 0.242 e. The van der Waals surface area contributed by atoms with Crippen molar-refractivity contribution in [1.82, 2.24) is 15.5 Å². The van der Waals surface area contributed by atoms with Crippen molar-refractivity contribution in [3.8, 4) is 5.75 Å². The molecule has 0 aliphatic heterocycles. The third-order valence-corrected chi connectivity index (χ3v) is 4.20. The number of aliphatic imine (C=N–C) groups is 1. The van der Waals surface area contributed by atoms with Crippen LogP contribution in [0.4, 0.5) is 0 Å². The maximum atomic E-state index is 12.5. The highest BCUT2D eigenvalue weighted by atomic mass is 16.5. The fourth-order valence-electron chi connectivity index (χ4n) is 2.60. The van der Waals surface area contributed by atoms with Gasteiger partial charge in [-0.3, -0.25) is 9.79 Å². The zero-order chi connectivity index (χ0) is 19.5. The van der Waals surface area contributed by atoms with Crippen LogP contribution in [0.3, 0.4) is 0 Å². The van der Waals surface area contributed by atoms with Crippen molar-refractivity contribution in [3.63, 3.8) is 0 Å². The van der Waals surface area contributed by atoms with Crippen LogP contribution in [0.15, 0.2) is 59.6 Å². The molecule has 2 N–H and O–H groups in total. The Morgan fingerprint density at radius 3 is 2.33 bits per heavy atom. The zero-order valence-electron chi connectivity index (χ0n) is 16.2. The summed E-state index contributed by atoms with van der Waals surface area (Å²) >= 11 is 0. The van der Waals surface area contributed by atoms with Crippen LogP contribution in [-0.4, -0.2) is 44.0 Å². The maximum Gasteiger partial charge on any atom is 0.242 e. The molecule has 0 atom stereocenters. The number of nitrogens with zero attached hydrogens (tertiary/aromatic N) is 2. The van der Waals surface area contributed by atoms with Crippen molar-refractivity contribution in [2.75, 3.05) is 27.2 Å². The number of likely N-dealkylation sites (N-methyl/N-ethyl adjacent to an activating group) is 1. The summed E-state index contributed by atoms with van der Waals surface area (Å²) in [4.78, 5) is 18.5. The van der Waals surface area contributed by atoms with Crippen molar-refractivity contribution in [3.05, 3.63) is 65.7 Å². The van der Waals surface area contributed by atoms with Crippen LogP contribution in [-0.2, 0) is 17.9 Å². The summed E-state index contributed by atoms with van der Waals surface area (Å²) in [6, 6.07) is 17.8. The molecule has 0 saturated carbocycles. The molecule has 6 nitrogen and oxygen atoms in total. The molecule has 0 spiro atoms. The number of amides is 1. The molecule has 0 heterocycles. The summed E-state index contributed by atoms with van der Waals surface area (Å²) in [7, 11) is 3.34. The zero-order valence-corrected chi connectivity index (χ0v) is 16.2. The third-order valence-electron chi connectivity index (χ3n) is 4.20. The van der Waals surface area contributed by atoms with E-state index in [1.165, 1.54) is 0 Å². The van der Waals surface area contributed by atoms with Gasteiger partial charge in [0.2, 0.25) is 5.91 Å². The van der Waals surface area contributed by atoms with Gasteiger partial charge in [-0.05, 0) is 30.2 Å². The number of carbonyl (C=O) groups is 1. The highest BCUT2D eigenvalue weighted by molar-refractivity contribution is 5.86. The number of hydrogen-bond acceptors (Lipinski definition) is 3. The molecule has 1 amide bonds.